The Kier molecular flexibility index (Phi) is 6.20. The van der Waals surface area contributed by atoms with Crippen molar-refractivity contribution in [3.05, 3.63) is 65.5 Å². The minimum Gasteiger partial charge on any atom is -0.479 e. The van der Waals surface area contributed by atoms with Crippen molar-refractivity contribution in [2.75, 3.05) is 0 Å². The van der Waals surface area contributed by atoms with Crippen LogP contribution >= 0.6 is 0 Å². The van der Waals surface area contributed by atoms with E-state index in [1.54, 1.807) is 58.0 Å². The summed E-state index contributed by atoms with van der Waals surface area (Å²) < 4.78 is 63.3. The Bertz CT molecular complexity index is 1160. The van der Waals surface area contributed by atoms with E-state index in [9.17, 15) is 23.1 Å². The molecule has 1 atom stereocenters. The van der Waals surface area contributed by atoms with Crippen molar-refractivity contribution in [2.45, 2.75) is 45.8 Å². The molecule has 0 aromatic heterocycles. The second-order valence-electron chi connectivity index (χ2n) is 8.32. The molecule has 3 aromatic carbocycles. The summed E-state index contributed by atoms with van der Waals surface area (Å²) in [6, 6.07) is 12.0. The molecule has 32 heavy (non-hydrogen) atoms. The van der Waals surface area contributed by atoms with Gasteiger partial charge in [-0.1, -0.05) is 42.5 Å². The average Bonchev–Trinajstić information content (AvgIpc) is 2.65. The van der Waals surface area contributed by atoms with E-state index in [0.29, 0.717) is 16.3 Å². The highest BCUT2D eigenvalue weighted by Crippen LogP contribution is 2.43. The molecule has 4 nitrogen and oxygen atoms in total. The minimum atomic E-state index is -5.09. The zero-order valence-electron chi connectivity index (χ0n) is 17.9. The number of rotatable bonds is 5. The van der Waals surface area contributed by atoms with Crippen LogP contribution in [0.3, 0.4) is 0 Å². The predicted molar refractivity (Wildman–Crippen MR) is 112 cm³/mol. The highest BCUT2D eigenvalue weighted by molar-refractivity contribution is 6.01. The number of hydrogen-bond donors (Lipinski definition) is 1. The van der Waals surface area contributed by atoms with Crippen molar-refractivity contribution in [3.8, 4) is 16.9 Å². The minimum absolute atomic E-state index is 0.141. The van der Waals surface area contributed by atoms with Crippen molar-refractivity contribution in [3.63, 3.8) is 0 Å². The number of aryl methyl sites for hydroxylation is 1. The van der Waals surface area contributed by atoms with Crippen LogP contribution in [-0.2, 0) is 9.53 Å². The lowest BCUT2D eigenvalue weighted by molar-refractivity contribution is -0.275. The molecule has 0 aliphatic heterocycles. The maximum Gasteiger partial charge on any atom is 0.573 e. The third-order valence-electron chi connectivity index (χ3n) is 4.71. The summed E-state index contributed by atoms with van der Waals surface area (Å²) in [5, 5.41) is 11.1. The first-order chi connectivity index (χ1) is 14.8. The first kappa shape index (κ1) is 23.5. The Hall–Kier alpha value is -3.13. The lowest BCUT2D eigenvalue weighted by Crippen LogP contribution is -2.28. The molecule has 0 bridgehead atoms. The summed E-state index contributed by atoms with van der Waals surface area (Å²) in [7, 11) is 0. The number of aliphatic carboxylic acids is 1. The molecule has 0 spiro atoms. The number of carboxylic acid groups (broad SMARTS) is 1. The fourth-order valence-electron chi connectivity index (χ4n) is 3.63. The quantitative estimate of drug-likeness (QED) is 0.435. The number of hydrogen-bond acceptors (Lipinski definition) is 3. The van der Waals surface area contributed by atoms with Gasteiger partial charge >= 0.3 is 12.3 Å². The summed E-state index contributed by atoms with van der Waals surface area (Å²) in [6.07, 6.45) is -6.57. The van der Waals surface area contributed by atoms with E-state index in [-0.39, 0.29) is 16.7 Å². The van der Waals surface area contributed by atoms with Gasteiger partial charge in [0.25, 0.3) is 0 Å². The van der Waals surface area contributed by atoms with Gasteiger partial charge in [0, 0.05) is 11.1 Å². The van der Waals surface area contributed by atoms with Gasteiger partial charge in [0.05, 0.1) is 5.60 Å². The molecule has 3 aromatic rings. The van der Waals surface area contributed by atoms with Crippen molar-refractivity contribution < 1.29 is 36.9 Å². The number of carbonyl (C=O) groups is 1. The van der Waals surface area contributed by atoms with Crippen LogP contribution in [0.25, 0.3) is 21.9 Å². The zero-order valence-corrected chi connectivity index (χ0v) is 17.9. The van der Waals surface area contributed by atoms with Gasteiger partial charge in [0.2, 0.25) is 0 Å². The monoisotopic (exact) mass is 450 g/mol. The van der Waals surface area contributed by atoms with E-state index in [0.717, 1.165) is 6.07 Å². The number of fused-ring (bicyclic) bond motifs is 1. The molecule has 8 heteroatoms. The fraction of sp³-hybridized carbons (Fsp3) is 0.292. The van der Waals surface area contributed by atoms with Crippen molar-refractivity contribution in [1.29, 1.82) is 0 Å². The second kappa shape index (κ2) is 8.43. The lowest BCUT2D eigenvalue weighted by atomic mass is 9.87. The number of carboxylic acids is 1. The van der Waals surface area contributed by atoms with Gasteiger partial charge in [0.1, 0.15) is 0 Å². The summed E-state index contributed by atoms with van der Waals surface area (Å²) in [5.41, 5.74) is -0.281. The van der Waals surface area contributed by atoms with E-state index in [2.05, 4.69) is 4.74 Å². The Balaban J connectivity index is 2.39. The summed E-state index contributed by atoms with van der Waals surface area (Å²) >= 11 is 0. The van der Waals surface area contributed by atoms with Gasteiger partial charge in [-0.3, -0.25) is 0 Å². The zero-order chi connectivity index (χ0) is 23.8. The molecule has 0 amide bonds. The van der Waals surface area contributed by atoms with Crippen LogP contribution in [0, 0.1) is 12.7 Å². The number of ether oxygens (including phenoxy) is 2. The van der Waals surface area contributed by atoms with Gasteiger partial charge in [-0.05, 0) is 55.7 Å². The number of alkyl halides is 3. The van der Waals surface area contributed by atoms with Gasteiger partial charge < -0.3 is 14.6 Å². The van der Waals surface area contributed by atoms with E-state index in [1.807, 2.05) is 0 Å². The molecular formula is C24H22F4O4. The smallest absolute Gasteiger partial charge is 0.479 e. The molecule has 0 fully saturated rings. The van der Waals surface area contributed by atoms with Gasteiger partial charge in [-0.2, -0.15) is 0 Å². The highest BCUT2D eigenvalue weighted by Gasteiger charge is 2.35. The maximum absolute atomic E-state index is 15.3. The van der Waals surface area contributed by atoms with Crippen molar-refractivity contribution in [2.24, 2.45) is 0 Å². The summed E-state index contributed by atoms with van der Waals surface area (Å²) in [6.45, 7) is 6.69. The molecule has 0 saturated carbocycles. The van der Waals surface area contributed by atoms with E-state index < -0.39 is 35.6 Å². The molecular weight excluding hydrogens is 428 g/mol. The van der Waals surface area contributed by atoms with Gasteiger partial charge in [-0.25, -0.2) is 9.18 Å². The molecule has 3 rings (SSSR count). The first-order valence-electron chi connectivity index (χ1n) is 9.76. The number of benzene rings is 3. The van der Waals surface area contributed by atoms with Crippen LogP contribution < -0.4 is 4.74 Å². The van der Waals surface area contributed by atoms with Crippen molar-refractivity contribution in [1.82, 2.24) is 0 Å². The van der Waals surface area contributed by atoms with Gasteiger partial charge in [0.15, 0.2) is 17.7 Å². The largest absolute Gasteiger partial charge is 0.573 e. The van der Waals surface area contributed by atoms with Crippen LogP contribution in [0.4, 0.5) is 17.6 Å². The maximum atomic E-state index is 15.3. The summed E-state index contributed by atoms with van der Waals surface area (Å²) in [5.74, 6) is -3.56. The predicted octanol–water partition coefficient (Wildman–Crippen LogP) is 6.79. The molecule has 0 aliphatic carbocycles. The van der Waals surface area contributed by atoms with Crippen LogP contribution in [0.2, 0.25) is 0 Å². The Labute approximate surface area is 182 Å². The molecule has 0 unspecified atom stereocenters. The number of halogens is 4. The molecule has 0 saturated heterocycles. The standard InChI is InChI=1S/C24H22F4O4/c1-13-12-14-8-5-6-9-15(14)19(18(13)21(22(29)30)32-23(2,3)4)16-10-7-11-17(20(16)25)31-24(26,27)28/h5-12,21H,1-4H3,(H,29,30)/t21-/m0/s1. The molecule has 0 radical (unpaired) electrons. The molecule has 0 aliphatic rings. The normalized spacial score (nSPS) is 13.2. The molecule has 170 valence electrons. The van der Waals surface area contributed by atoms with Crippen LogP contribution in [0.1, 0.15) is 38.0 Å². The summed E-state index contributed by atoms with van der Waals surface area (Å²) in [4.78, 5) is 12.2. The Morgan fingerprint density at radius 2 is 1.69 bits per heavy atom. The molecule has 0 heterocycles. The van der Waals surface area contributed by atoms with Crippen LogP contribution in [0.15, 0.2) is 48.5 Å². The van der Waals surface area contributed by atoms with Gasteiger partial charge in [-0.15, -0.1) is 13.2 Å². The third-order valence-corrected chi connectivity index (χ3v) is 4.71. The topological polar surface area (TPSA) is 55.8 Å². The van der Waals surface area contributed by atoms with Crippen LogP contribution in [-0.4, -0.2) is 23.0 Å². The third kappa shape index (κ3) is 5.02. The lowest BCUT2D eigenvalue weighted by Gasteiger charge is -2.28. The Morgan fingerprint density at radius 3 is 2.28 bits per heavy atom. The van der Waals surface area contributed by atoms with Crippen LogP contribution in [0.5, 0.6) is 5.75 Å². The van der Waals surface area contributed by atoms with E-state index in [1.165, 1.54) is 12.1 Å². The van der Waals surface area contributed by atoms with E-state index in [4.69, 9.17) is 4.74 Å². The Morgan fingerprint density at radius 1 is 1.03 bits per heavy atom. The first-order valence-corrected chi connectivity index (χ1v) is 9.76. The molecule has 1 N–H and O–H groups in total. The SMILES string of the molecule is Cc1cc2ccccc2c(-c2cccc(OC(F)(F)F)c2F)c1[C@H](OC(C)(C)C)C(=O)O. The van der Waals surface area contributed by atoms with Crippen molar-refractivity contribution >= 4 is 16.7 Å². The van der Waals surface area contributed by atoms with E-state index >= 15 is 4.39 Å². The second-order valence-corrected chi connectivity index (χ2v) is 8.32. The average molecular weight is 450 g/mol. The highest BCUT2D eigenvalue weighted by atomic mass is 19.4. The fourth-order valence-corrected chi connectivity index (χ4v) is 3.63.